The Morgan fingerprint density at radius 2 is 2.12 bits per heavy atom. The van der Waals surface area contributed by atoms with E-state index in [1.54, 1.807) is 13.2 Å². The number of methoxy groups -OCH3 is 1. The van der Waals surface area contributed by atoms with E-state index in [4.69, 9.17) is 15.2 Å². The molecular weight excluding hydrogens is 209 g/mol. The van der Waals surface area contributed by atoms with Crippen LogP contribution in [0.15, 0.2) is 18.2 Å². The fourth-order valence-electron chi connectivity index (χ4n) is 1.48. The van der Waals surface area contributed by atoms with Crippen LogP contribution in [0.25, 0.3) is 0 Å². The van der Waals surface area contributed by atoms with E-state index in [2.05, 4.69) is 0 Å². The van der Waals surface area contributed by atoms with Gasteiger partial charge in [0.15, 0.2) is 11.5 Å². The largest absolute Gasteiger partial charge is 0.493 e. The van der Waals surface area contributed by atoms with E-state index in [1.807, 2.05) is 19.1 Å². The lowest BCUT2D eigenvalue weighted by atomic mass is 10.1. The van der Waals surface area contributed by atoms with Crippen molar-refractivity contribution in [3.05, 3.63) is 23.8 Å². The second-order valence-electron chi connectivity index (χ2n) is 3.70. The molecule has 0 saturated heterocycles. The van der Waals surface area contributed by atoms with Gasteiger partial charge in [-0.2, -0.15) is 0 Å². The molecule has 0 aliphatic heterocycles. The van der Waals surface area contributed by atoms with Crippen LogP contribution in [-0.4, -0.2) is 26.4 Å². The molecule has 90 valence electrons. The van der Waals surface area contributed by atoms with E-state index >= 15 is 0 Å². The van der Waals surface area contributed by atoms with Crippen molar-refractivity contribution in [2.24, 2.45) is 5.73 Å². The van der Waals surface area contributed by atoms with Crippen molar-refractivity contribution in [2.75, 3.05) is 20.4 Å². The summed E-state index contributed by atoms with van der Waals surface area (Å²) >= 11 is 0. The number of rotatable bonds is 6. The second kappa shape index (κ2) is 6.33. The van der Waals surface area contributed by atoms with E-state index < -0.39 is 6.67 Å². The standard InChI is InChI=1S/C12H18FNO2/c1-9(14)7-10-3-4-11(16-6-5-13)12(8-10)15-2/h3-4,8-9H,5-7,14H2,1-2H3. The quantitative estimate of drug-likeness (QED) is 0.807. The molecule has 4 heteroatoms. The molecule has 1 aromatic rings. The molecule has 0 spiro atoms. The zero-order chi connectivity index (χ0) is 12.0. The summed E-state index contributed by atoms with van der Waals surface area (Å²) in [4.78, 5) is 0. The lowest BCUT2D eigenvalue weighted by Gasteiger charge is -2.12. The molecule has 1 aromatic carbocycles. The van der Waals surface area contributed by atoms with E-state index in [0.717, 1.165) is 12.0 Å². The molecule has 1 unspecified atom stereocenters. The predicted octanol–water partition coefficient (Wildman–Crippen LogP) is 1.93. The molecule has 0 saturated carbocycles. The van der Waals surface area contributed by atoms with E-state index in [0.29, 0.717) is 11.5 Å². The molecule has 0 radical (unpaired) electrons. The van der Waals surface area contributed by atoms with Crippen molar-refractivity contribution in [3.8, 4) is 11.5 Å². The van der Waals surface area contributed by atoms with E-state index in [1.165, 1.54) is 0 Å². The highest BCUT2D eigenvalue weighted by Crippen LogP contribution is 2.28. The van der Waals surface area contributed by atoms with Crippen LogP contribution in [0.1, 0.15) is 12.5 Å². The Balaban J connectivity index is 2.79. The Bertz CT molecular complexity index is 329. The summed E-state index contributed by atoms with van der Waals surface area (Å²) in [5, 5.41) is 0. The molecule has 0 aromatic heterocycles. The number of hydrogen-bond donors (Lipinski definition) is 1. The molecule has 1 rings (SSSR count). The van der Waals surface area contributed by atoms with Crippen molar-refractivity contribution in [3.63, 3.8) is 0 Å². The number of hydrogen-bond acceptors (Lipinski definition) is 3. The summed E-state index contributed by atoms with van der Waals surface area (Å²) in [5.41, 5.74) is 6.80. The Labute approximate surface area is 95.4 Å². The third kappa shape index (κ3) is 3.70. The first kappa shape index (κ1) is 12.8. The molecule has 0 fully saturated rings. The lowest BCUT2D eigenvalue weighted by Crippen LogP contribution is -2.17. The molecule has 3 nitrogen and oxygen atoms in total. The molecule has 0 heterocycles. The minimum absolute atomic E-state index is 0.0446. The first-order chi connectivity index (χ1) is 7.67. The van der Waals surface area contributed by atoms with Crippen molar-refractivity contribution in [1.29, 1.82) is 0 Å². The maximum absolute atomic E-state index is 12.0. The van der Waals surface area contributed by atoms with Gasteiger partial charge in [-0.1, -0.05) is 6.07 Å². The van der Waals surface area contributed by atoms with Crippen LogP contribution in [0.2, 0.25) is 0 Å². The monoisotopic (exact) mass is 227 g/mol. The zero-order valence-electron chi connectivity index (χ0n) is 9.70. The van der Waals surface area contributed by atoms with Crippen molar-refractivity contribution < 1.29 is 13.9 Å². The van der Waals surface area contributed by atoms with Gasteiger partial charge >= 0.3 is 0 Å². The number of alkyl halides is 1. The normalized spacial score (nSPS) is 12.2. The van der Waals surface area contributed by atoms with Gasteiger partial charge in [0.25, 0.3) is 0 Å². The molecule has 1 atom stereocenters. The van der Waals surface area contributed by atoms with Crippen LogP contribution in [0.5, 0.6) is 11.5 Å². The van der Waals surface area contributed by atoms with E-state index in [-0.39, 0.29) is 12.6 Å². The van der Waals surface area contributed by atoms with Gasteiger partial charge in [0, 0.05) is 6.04 Å². The van der Waals surface area contributed by atoms with Crippen LogP contribution in [0.4, 0.5) is 4.39 Å². The molecule has 2 N–H and O–H groups in total. The maximum Gasteiger partial charge on any atom is 0.161 e. The summed E-state index contributed by atoms with van der Waals surface area (Å²) < 4.78 is 22.4. The predicted molar refractivity (Wildman–Crippen MR) is 61.8 cm³/mol. The number of halogens is 1. The van der Waals surface area contributed by atoms with E-state index in [9.17, 15) is 4.39 Å². The van der Waals surface area contributed by atoms with Crippen LogP contribution < -0.4 is 15.2 Å². The molecule has 0 amide bonds. The van der Waals surface area contributed by atoms with Gasteiger partial charge in [-0.15, -0.1) is 0 Å². The van der Waals surface area contributed by atoms with Gasteiger partial charge in [-0.05, 0) is 31.0 Å². The first-order valence-electron chi connectivity index (χ1n) is 5.28. The summed E-state index contributed by atoms with van der Waals surface area (Å²) in [6.45, 7) is 1.48. The van der Waals surface area contributed by atoms with Crippen molar-refractivity contribution in [1.82, 2.24) is 0 Å². The molecule has 16 heavy (non-hydrogen) atoms. The first-order valence-corrected chi connectivity index (χ1v) is 5.28. The minimum atomic E-state index is -0.509. The lowest BCUT2D eigenvalue weighted by molar-refractivity contribution is 0.260. The highest BCUT2D eigenvalue weighted by Gasteiger charge is 2.06. The molecule has 0 aliphatic rings. The van der Waals surface area contributed by atoms with Gasteiger partial charge in [0.05, 0.1) is 7.11 Å². The zero-order valence-corrected chi connectivity index (χ0v) is 9.70. The van der Waals surface area contributed by atoms with Gasteiger partial charge in [-0.25, -0.2) is 4.39 Å². The van der Waals surface area contributed by atoms with Crippen LogP contribution in [0, 0.1) is 0 Å². The summed E-state index contributed by atoms with van der Waals surface area (Å²) in [5.74, 6) is 1.18. The van der Waals surface area contributed by atoms with Crippen LogP contribution in [-0.2, 0) is 6.42 Å². The van der Waals surface area contributed by atoms with Gasteiger partial charge < -0.3 is 15.2 Å². The van der Waals surface area contributed by atoms with Gasteiger partial charge in [0.1, 0.15) is 13.3 Å². The fraction of sp³-hybridized carbons (Fsp3) is 0.500. The van der Waals surface area contributed by atoms with Crippen molar-refractivity contribution >= 4 is 0 Å². The summed E-state index contributed by atoms with van der Waals surface area (Å²) in [6, 6.07) is 5.67. The topological polar surface area (TPSA) is 44.5 Å². The van der Waals surface area contributed by atoms with Gasteiger partial charge in [0.2, 0.25) is 0 Å². The number of benzene rings is 1. The molecular formula is C12H18FNO2. The minimum Gasteiger partial charge on any atom is -0.493 e. The number of nitrogens with two attached hydrogens (primary N) is 1. The smallest absolute Gasteiger partial charge is 0.161 e. The highest BCUT2D eigenvalue weighted by molar-refractivity contribution is 5.43. The Kier molecular flexibility index (Phi) is 5.05. The molecule has 0 aliphatic carbocycles. The van der Waals surface area contributed by atoms with Crippen molar-refractivity contribution in [2.45, 2.75) is 19.4 Å². The van der Waals surface area contributed by atoms with Crippen LogP contribution >= 0.6 is 0 Å². The average molecular weight is 227 g/mol. The average Bonchev–Trinajstić information content (AvgIpc) is 2.26. The van der Waals surface area contributed by atoms with Gasteiger partial charge in [-0.3, -0.25) is 0 Å². The Morgan fingerprint density at radius 1 is 1.38 bits per heavy atom. The fourth-order valence-corrected chi connectivity index (χ4v) is 1.48. The third-order valence-electron chi connectivity index (χ3n) is 2.12. The second-order valence-corrected chi connectivity index (χ2v) is 3.70. The summed E-state index contributed by atoms with van der Waals surface area (Å²) in [7, 11) is 1.56. The Morgan fingerprint density at radius 3 is 2.69 bits per heavy atom. The summed E-state index contributed by atoms with van der Waals surface area (Å²) in [6.07, 6.45) is 0.778. The maximum atomic E-state index is 12.0. The Hall–Kier alpha value is -1.29. The SMILES string of the molecule is COc1cc(CC(C)N)ccc1OCCF. The highest BCUT2D eigenvalue weighted by atomic mass is 19.1. The third-order valence-corrected chi connectivity index (χ3v) is 2.12. The van der Waals surface area contributed by atoms with Crippen LogP contribution in [0.3, 0.4) is 0 Å². The molecule has 0 bridgehead atoms. The number of ether oxygens (including phenoxy) is 2.